The van der Waals surface area contributed by atoms with Crippen molar-refractivity contribution in [2.75, 3.05) is 5.32 Å². The average molecular weight is 331 g/mol. The summed E-state index contributed by atoms with van der Waals surface area (Å²) in [7, 11) is 0. The summed E-state index contributed by atoms with van der Waals surface area (Å²) in [5, 5.41) is 10.7. The zero-order valence-electron chi connectivity index (χ0n) is 14.5. The largest absolute Gasteiger partial charge is 0.326 e. The smallest absolute Gasteiger partial charge is 0.224 e. The van der Waals surface area contributed by atoms with Crippen LogP contribution in [-0.2, 0) is 11.2 Å². The van der Waals surface area contributed by atoms with E-state index in [2.05, 4.69) is 39.8 Å². The van der Waals surface area contributed by atoms with Crippen LogP contribution in [-0.4, -0.2) is 16.1 Å². The van der Waals surface area contributed by atoms with E-state index in [0.717, 1.165) is 29.1 Å². The molecule has 4 rings (SSSR count). The van der Waals surface area contributed by atoms with Gasteiger partial charge in [0.25, 0.3) is 0 Å². The molecule has 1 heterocycles. The molecule has 4 nitrogen and oxygen atoms in total. The predicted octanol–water partition coefficient (Wildman–Crippen LogP) is 4.63. The Balaban J connectivity index is 1.61. The number of hydrogen-bond donors (Lipinski definition) is 2. The van der Waals surface area contributed by atoms with E-state index in [4.69, 9.17) is 0 Å². The Morgan fingerprint density at radius 3 is 2.76 bits per heavy atom. The van der Waals surface area contributed by atoms with E-state index < -0.39 is 0 Å². The topological polar surface area (TPSA) is 57.8 Å². The van der Waals surface area contributed by atoms with Crippen LogP contribution < -0.4 is 5.32 Å². The zero-order chi connectivity index (χ0) is 17.4. The number of hydrogen-bond acceptors (Lipinski definition) is 2. The molecule has 0 atom stereocenters. The first-order valence-electron chi connectivity index (χ1n) is 8.67. The van der Waals surface area contributed by atoms with E-state index >= 15 is 0 Å². The van der Waals surface area contributed by atoms with Crippen LogP contribution >= 0.6 is 0 Å². The van der Waals surface area contributed by atoms with Crippen molar-refractivity contribution < 1.29 is 4.79 Å². The number of fused-ring (bicyclic) bond motifs is 3. The molecule has 0 spiro atoms. The SMILES string of the molecule is CC(C)CC(=O)Nc1ccc2c(c1)Cc1c(-c3ccccc3)n[nH]c1-2. The molecule has 1 aromatic heterocycles. The number of aromatic nitrogens is 2. The quantitative estimate of drug-likeness (QED) is 0.573. The minimum Gasteiger partial charge on any atom is -0.326 e. The number of amides is 1. The third-order valence-electron chi connectivity index (χ3n) is 4.53. The third kappa shape index (κ3) is 2.95. The maximum Gasteiger partial charge on any atom is 0.224 e. The van der Waals surface area contributed by atoms with Gasteiger partial charge in [-0.15, -0.1) is 0 Å². The molecule has 0 bridgehead atoms. The Kier molecular flexibility index (Phi) is 3.88. The highest BCUT2D eigenvalue weighted by Crippen LogP contribution is 2.40. The lowest BCUT2D eigenvalue weighted by Crippen LogP contribution is -2.13. The molecule has 126 valence electrons. The predicted molar refractivity (Wildman–Crippen MR) is 100 cm³/mol. The highest BCUT2D eigenvalue weighted by atomic mass is 16.1. The minimum atomic E-state index is 0.0677. The van der Waals surface area contributed by atoms with Crippen molar-refractivity contribution in [3.05, 3.63) is 59.7 Å². The van der Waals surface area contributed by atoms with E-state index in [1.807, 2.05) is 38.1 Å². The van der Waals surface area contributed by atoms with Crippen molar-refractivity contribution in [1.29, 1.82) is 0 Å². The van der Waals surface area contributed by atoms with Crippen LogP contribution in [0.5, 0.6) is 0 Å². The fourth-order valence-corrected chi connectivity index (χ4v) is 3.43. The second-order valence-corrected chi connectivity index (χ2v) is 6.99. The molecule has 1 aliphatic rings. The summed E-state index contributed by atoms with van der Waals surface area (Å²) in [6.07, 6.45) is 1.37. The number of rotatable bonds is 4. The first kappa shape index (κ1) is 15.6. The molecule has 2 aromatic carbocycles. The second-order valence-electron chi connectivity index (χ2n) is 6.99. The lowest BCUT2D eigenvalue weighted by atomic mass is 10.1. The summed E-state index contributed by atoms with van der Waals surface area (Å²) in [6.45, 7) is 4.10. The molecule has 1 amide bonds. The number of nitrogens with zero attached hydrogens (tertiary/aromatic N) is 1. The van der Waals surface area contributed by atoms with Crippen molar-refractivity contribution >= 4 is 11.6 Å². The van der Waals surface area contributed by atoms with E-state index in [0.29, 0.717) is 12.3 Å². The molecule has 4 heteroatoms. The van der Waals surface area contributed by atoms with Gasteiger partial charge in [0.2, 0.25) is 5.91 Å². The lowest BCUT2D eigenvalue weighted by molar-refractivity contribution is -0.116. The van der Waals surface area contributed by atoms with Gasteiger partial charge in [-0.2, -0.15) is 5.10 Å². The van der Waals surface area contributed by atoms with Gasteiger partial charge in [-0.25, -0.2) is 0 Å². The molecule has 0 aliphatic heterocycles. The Morgan fingerprint density at radius 2 is 2.00 bits per heavy atom. The van der Waals surface area contributed by atoms with Crippen LogP contribution in [0, 0.1) is 5.92 Å². The van der Waals surface area contributed by atoms with Crippen LogP contribution in [0.4, 0.5) is 5.69 Å². The number of anilines is 1. The number of carbonyl (C=O) groups is 1. The summed E-state index contributed by atoms with van der Waals surface area (Å²) < 4.78 is 0. The van der Waals surface area contributed by atoms with Gasteiger partial charge in [0.15, 0.2) is 0 Å². The summed E-state index contributed by atoms with van der Waals surface area (Å²) in [5.74, 6) is 0.423. The Labute approximate surface area is 147 Å². The molecule has 3 aromatic rings. The standard InChI is InChI=1S/C21H21N3O/c1-13(2)10-19(25)22-16-8-9-17-15(11-16)12-18-20(23-24-21(17)18)14-6-4-3-5-7-14/h3-9,11,13H,10,12H2,1-2H3,(H,22,25)(H,23,24). The Bertz CT molecular complexity index is 926. The maximum atomic E-state index is 12.0. The first-order valence-corrected chi connectivity index (χ1v) is 8.67. The molecule has 0 fully saturated rings. The fourth-order valence-electron chi connectivity index (χ4n) is 3.43. The highest BCUT2D eigenvalue weighted by molar-refractivity contribution is 5.92. The van der Waals surface area contributed by atoms with Crippen molar-refractivity contribution in [2.45, 2.75) is 26.7 Å². The van der Waals surface area contributed by atoms with Crippen molar-refractivity contribution in [3.8, 4) is 22.5 Å². The molecule has 1 aliphatic carbocycles. The summed E-state index contributed by atoms with van der Waals surface area (Å²) in [6, 6.07) is 16.3. The van der Waals surface area contributed by atoms with Gasteiger partial charge in [0.1, 0.15) is 0 Å². The monoisotopic (exact) mass is 331 g/mol. The molecule has 2 N–H and O–H groups in total. The molecular formula is C21H21N3O. The average Bonchev–Trinajstić information content (AvgIpc) is 3.13. The van der Waals surface area contributed by atoms with Crippen LogP contribution in [0.2, 0.25) is 0 Å². The molecule has 25 heavy (non-hydrogen) atoms. The number of carbonyl (C=O) groups excluding carboxylic acids is 1. The number of H-pyrrole nitrogens is 1. The van der Waals surface area contributed by atoms with E-state index in [9.17, 15) is 4.79 Å². The van der Waals surface area contributed by atoms with Crippen molar-refractivity contribution in [2.24, 2.45) is 5.92 Å². The van der Waals surface area contributed by atoms with Gasteiger partial charge in [0.05, 0.1) is 11.4 Å². The van der Waals surface area contributed by atoms with Crippen LogP contribution in [0.3, 0.4) is 0 Å². The van der Waals surface area contributed by atoms with Gasteiger partial charge in [0, 0.05) is 35.2 Å². The van der Waals surface area contributed by atoms with Crippen LogP contribution in [0.15, 0.2) is 48.5 Å². The summed E-state index contributed by atoms with van der Waals surface area (Å²) in [5.41, 5.74) is 7.72. The Hall–Kier alpha value is -2.88. The number of nitrogens with one attached hydrogen (secondary N) is 2. The lowest BCUT2D eigenvalue weighted by Gasteiger charge is -2.09. The highest BCUT2D eigenvalue weighted by Gasteiger charge is 2.25. The van der Waals surface area contributed by atoms with E-state index in [-0.39, 0.29) is 5.91 Å². The zero-order valence-corrected chi connectivity index (χ0v) is 14.5. The second kappa shape index (κ2) is 6.20. The van der Waals surface area contributed by atoms with Gasteiger partial charge in [-0.1, -0.05) is 50.2 Å². The number of aromatic amines is 1. The van der Waals surface area contributed by atoms with Crippen LogP contribution in [0.1, 0.15) is 31.4 Å². The van der Waals surface area contributed by atoms with Crippen LogP contribution in [0.25, 0.3) is 22.5 Å². The van der Waals surface area contributed by atoms with Gasteiger partial charge in [-0.05, 0) is 23.6 Å². The van der Waals surface area contributed by atoms with Crippen molar-refractivity contribution in [1.82, 2.24) is 10.2 Å². The normalized spacial score (nSPS) is 12.1. The molecule has 0 saturated carbocycles. The van der Waals surface area contributed by atoms with E-state index in [1.54, 1.807) is 0 Å². The molecule has 0 radical (unpaired) electrons. The van der Waals surface area contributed by atoms with Gasteiger partial charge < -0.3 is 5.32 Å². The maximum absolute atomic E-state index is 12.0. The van der Waals surface area contributed by atoms with Crippen molar-refractivity contribution in [3.63, 3.8) is 0 Å². The molecule has 0 saturated heterocycles. The van der Waals surface area contributed by atoms with Gasteiger partial charge >= 0.3 is 0 Å². The van der Waals surface area contributed by atoms with E-state index in [1.165, 1.54) is 16.7 Å². The van der Waals surface area contributed by atoms with Gasteiger partial charge in [-0.3, -0.25) is 9.89 Å². The third-order valence-corrected chi connectivity index (χ3v) is 4.53. The number of benzene rings is 2. The minimum absolute atomic E-state index is 0.0677. The molecule has 0 unspecified atom stereocenters. The fraction of sp³-hybridized carbons (Fsp3) is 0.238. The molecular weight excluding hydrogens is 310 g/mol. The first-order chi connectivity index (χ1) is 12.1. The summed E-state index contributed by atoms with van der Waals surface area (Å²) >= 11 is 0. The Morgan fingerprint density at radius 1 is 1.20 bits per heavy atom. The summed E-state index contributed by atoms with van der Waals surface area (Å²) in [4.78, 5) is 12.0.